The summed E-state index contributed by atoms with van der Waals surface area (Å²) >= 11 is 0. The van der Waals surface area contributed by atoms with E-state index < -0.39 is 23.0 Å². The molecule has 1 fully saturated rings. The zero-order valence-electron chi connectivity index (χ0n) is 20.7. The van der Waals surface area contributed by atoms with E-state index in [9.17, 15) is 9.59 Å². The zero-order chi connectivity index (χ0) is 23.2. The third-order valence-corrected chi connectivity index (χ3v) is 6.67. The van der Waals surface area contributed by atoms with Gasteiger partial charge >= 0.3 is 11.9 Å². The molecule has 176 valence electrons. The fourth-order valence-electron chi connectivity index (χ4n) is 5.09. The first-order valence-corrected chi connectivity index (χ1v) is 11.6. The maximum atomic E-state index is 13.4. The van der Waals surface area contributed by atoms with Gasteiger partial charge in [-0.3, -0.25) is 0 Å². The number of unbranched alkanes of at least 4 members (excludes halogenated alkanes) is 1. The molecule has 0 bridgehead atoms. The Morgan fingerprint density at radius 2 is 1.60 bits per heavy atom. The van der Waals surface area contributed by atoms with Crippen LogP contribution in [0.5, 0.6) is 0 Å². The molecular weight excluding hydrogens is 384 g/mol. The molecule has 6 heteroatoms. The Balaban J connectivity index is 3.04. The first-order valence-electron chi connectivity index (χ1n) is 11.6. The second kappa shape index (κ2) is 10.4. The number of carbonyl (C=O) groups excluding carboxylic acids is 2. The molecule has 0 aliphatic carbocycles. The van der Waals surface area contributed by atoms with Crippen LogP contribution >= 0.6 is 0 Å². The van der Waals surface area contributed by atoms with E-state index in [0.29, 0.717) is 25.7 Å². The molecule has 1 aliphatic rings. The van der Waals surface area contributed by atoms with E-state index in [1.807, 2.05) is 20.8 Å². The second-order valence-electron chi connectivity index (χ2n) is 10.6. The predicted molar refractivity (Wildman–Crippen MR) is 116 cm³/mol. The van der Waals surface area contributed by atoms with Crippen LogP contribution in [-0.2, 0) is 29.1 Å². The minimum atomic E-state index is -1.20. The SMILES string of the molecule is CCCCC(CC)(C(=O)OOC(=O)C1(CC)OOC1CCC)C(C)(C)CC(C)(C)C. The fraction of sp³-hybridized carbons (Fsp3) is 0.917. The Hall–Kier alpha value is -1.14. The van der Waals surface area contributed by atoms with Gasteiger partial charge in [0.2, 0.25) is 5.60 Å². The van der Waals surface area contributed by atoms with E-state index in [1.165, 1.54) is 0 Å². The van der Waals surface area contributed by atoms with Crippen LogP contribution in [0.1, 0.15) is 114 Å². The molecular formula is C24H44O6. The van der Waals surface area contributed by atoms with Crippen LogP contribution in [0, 0.1) is 16.2 Å². The van der Waals surface area contributed by atoms with Gasteiger partial charge in [0.15, 0.2) is 0 Å². The van der Waals surface area contributed by atoms with E-state index >= 15 is 0 Å². The van der Waals surface area contributed by atoms with Gasteiger partial charge in [0.05, 0.1) is 5.41 Å². The first kappa shape index (κ1) is 26.9. The van der Waals surface area contributed by atoms with Crippen LogP contribution in [0.4, 0.5) is 0 Å². The standard InChI is InChI=1S/C24H44O6/c1-10-14-16-23(12-3,22(8,9)17-21(5,6)7)19(25)28-29-20(26)24(13-4)18(15-11-2)27-30-24/h18H,10-17H2,1-9H3. The number of hydrogen-bond acceptors (Lipinski definition) is 6. The van der Waals surface area contributed by atoms with E-state index in [1.54, 1.807) is 0 Å². The lowest BCUT2D eigenvalue weighted by Gasteiger charge is -2.47. The van der Waals surface area contributed by atoms with Gasteiger partial charge in [-0.1, -0.05) is 81.6 Å². The van der Waals surface area contributed by atoms with Gasteiger partial charge in [-0.2, -0.15) is 0 Å². The molecule has 0 spiro atoms. The second-order valence-corrected chi connectivity index (χ2v) is 10.6. The lowest BCUT2D eigenvalue weighted by molar-refractivity contribution is -0.502. The summed E-state index contributed by atoms with van der Waals surface area (Å²) in [6.07, 6.45) is 5.55. The summed E-state index contributed by atoms with van der Waals surface area (Å²) in [6.45, 7) is 18.7. The summed E-state index contributed by atoms with van der Waals surface area (Å²) in [6, 6.07) is 0. The van der Waals surface area contributed by atoms with E-state index in [2.05, 4.69) is 41.5 Å². The average molecular weight is 429 g/mol. The first-order chi connectivity index (χ1) is 13.9. The Morgan fingerprint density at radius 3 is 2.00 bits per heavy atom. The molecule has 0 saturated carbocycles. The summed E-state index contributed by atoms with van der Waals surface area (Å²) in [5.41, 5.74) is -2.23. The molecule has 30 heavy (non-hydrogen) atoms. The van der Waals surface area contributed by atoms with Crippen LogP contribution in [0.2, 0.25) is 0 Å². The molecule has 1 heterocycles. The fourth-order valence-corrected chi connectivity index (χ4v) is 5.09. The highest BCUT2D eigenvalue weighted by molar-refractivity contribution is 5.83. The van der Waals surface area contributed by atoms with Gasteiger partial charge in [0, 0.05) is 0 Å². The lowest BCUT2D eigenvalue weighted by Crippen LogP contribution is -2.62. The summed E-state index contributed by atoms with van der Waals surface area (Å²) in [5, 5.41) is 0. The van der Waals surface area contributed by atoms with E-state index in [0.717, 1.165) is 25.7 Å². The Bertz CT molecular complexity index is 575. The molecule has 1 rings (SSSR count). The highest BCUT2D eigenvalue weighted by Crippen LogP contribution is 2.52. The molecule has 1 aliphatic heterocycles. The van der Waals surface area contributed by atoms with Gasteiger partial charge in [-0.25, -0.2) is 29.1 Å². The predicted octanol–water partition coefficient (Wildman–Crippen LogP) is 6.32. The summed E-state index contributed by atoms with van der Waals surface area (Å²) < 4.78 is 0. The normalized spacial score (nSPS) is 24.0. The molecule has 0 radical (unpaired) electrons. The molecule has 3 unspecified atom stereocenters. The van der Waals surface area contributed by atoms with Crippen LogP contribution in [0.15, 0.2) is 0 Å². The summed E-state index contributed by atoms with van der Waals surface area (Å²) in [5.74, 6) is -1.17. The topological polar surface area (TPSA) is 71.1 Å². The molecule has 0 aromatic rings. The molecule has 1 saturated heterocycles. The van der Waals surface area contributed by atoms with Gasteiger partial charge in [0.1, 0.15) is 6.10 Å². The number of carbonyl (C=O) groups is 2. The van der Waals surface area contributed by atoms with Crippen molar-refractivity contribution < 1.29 is 29.1 Å². The summed E-state index contributed by atoms with van der Waals surface area (Å²) in [4.78, 5) is 46.8. The Labute approximate surface area is 183 Å². The highest BCUT2D eigenvalue weighted by atomic mass is 17.3. The monoisotopic (exact) mass is 428 g/mol. The molecule has 0 aromatic carbocycles. The maximum Gasteiger partial charge on any atom is 0.393 e. The van der Waals surface area contributed by atoms with Crippen molar-refractivity contribution in [2.75, 3.05) is 0 Å². The lowest BCUT2D eigenvalue weighted by atomic mass is 9.57. The van der Waals surface area contributed by atoms with Crippen LogP contribution in [0.3, 0.4) is 0 Å². The minimum absolute atomic E-state index is 0.0455. The minimum Gasteiger partial charge on any atom is -0.247 e. The third-order valence-electron chi connectivity index (χ3n) is 6.67. The zero-order valence-corrected chi connectivity index (χ0v) is 20.7. The van der Waals surface area contributed by atoms with Crippen molar-refractivity contribution in [1.29, 1.82) is 0 Å². The quantitative estimate of drug-likeness (QED) is 0.283. The van der Waals surface area contributed by atoms with E-state index in [-0.39, 0.29) is 16.9 Å². The van der Waals surface area contributed by atoms with Crippen LogP contribution in [0.25, 0.3) is 0 Å². The molecule has 0 aromatic heterocycles. The van der Waals surface area contributed by atoms with Gasteiger partial charge in [-0.15, -0.1) is 0 Å². The molecule has 6 nitrogen and oxygen atoms in total. The van der Waals surface area contributed by atoms with Crippen molar-refractivity contribution >= 4 is 11.9 Å². The maximum absolute atomic E-state index is 13.4. The Morgan fingerprint density at radius 1 is 0.967 bits per heavy atom. The smallest absolute Gasteiger partial charge is 0.247 e. The van der Waals surface area contributed by atoms with Crippen molar-refractivity contribution in [2.45, 2.75) is 125 Å². The van der Waals surface area contributed by atoms with Crippen molar-refractivity contribution in [3.63, 3.8) is 0 Å². The average Bonchev–Trinajstić information content (AvgIpc) is 2.63. The van der Waals surface area contributed by atoms with Crippen LogP contribution < -0.4 is 0 Å². The molecule has 3 atom stereocenters. The van der Waals surface area contributed by atoms with Crippen molar-refractivity contribution in [3.8, 4) is 0 Å². The third kappa shape index (κ3) is 5.56. The van der Waals surface area contributed by atoms with Gasteiger partial charge < -0.3 is 0 Å². The van der Waals surface area contributed by atoms with Crippen molar-refractivity contribution in [1.82, 2.24) is 0 Å². The van der Waals surface area contributed by atoms with Gasteiger partial charge in [-0.05, 0) is 42.9 Å². The molecule has 0 amide bonds. The number of hydrogen-bond donors (Lipinski definition) is 0. The summed E-state index contributed by atoms with van der Waals surface area (Å²) in [7, 11) is 0. The van der Waals surface area contributed by atoms with Crippen LogP contribution in [-0.4, -0.2) is 23.6 Å². The molecule has 0 N–H and O–H groups in total. The Kier molecular flexibility index (Phi) is 9.37. The number of rotatable bonds is 11. The highest BCUT2D eigenvalue weighted by Gasteiger charge is 2.59. The van der Waals surface area contributed by atoms with Gasteiger partial charge in [0.25, 0.3) is 0 Å². The van der Waals surface area contributed by atoms with Crippen molar-refractivity contribution in [3.05, 3.63) is 0 Å². The largest absolute Gasteiger partial charge is 0.393 e. The van der Waals surface area contributed by atoms with Crippen molar-refractivity contribution in [2.24, 2.45) is 16.2 Å². The van der Waals surface area contributed by atoms with E-state index in [4.69, 9.17) is 19.6 Å².